The number of ether oxygens (including phenoxy) is 1. The van der Waals surface area contributed by atoms with Crippen molar-refractivity contribution in [2.45, 2.75) is 102 Å². The van der Waals surface area contributed by atoms with Crippen molar-refractivity contribution in [3.63, 3.8) is 0 Å². The first kappa shape index (κ1) is 18.0. The van der Waals surface area contributed by atoms with Crippen molar-refractivity contribution in [2.75, 3.05) is 6.54 Å². The monoisotopic (exact) mass is 338 g/mol. The summed E-state index contributed by atoms with van der Waals surface area (Å²) >= 11 is 0. The van der Waals surface area contributed by atoms with E-state index in [1.807, 2.05) is 25.7 Å². The minimum Gasteiger partial charge on any atom is -0.444 e. The van der Waals surface area contributed by atoms with Crippen LogP contribution >= 0.6 is 0 Å². The van der Waals surface area contributed by atoms with Gasteiger partial charge in [0.15, 0.2) is 0 Å². The Morgan fingerprint density at radius 3 is 2.38 bits per heavy atom. The number of fused-ring (bicyclic) bond motifs is 2. The summed E-state index contributed by atoms with van der Waals surface area (Å²) < 4.78 is 5.60. The fourth-order valence-corrected chi connectivity index (χ4v) is 4.74. The van der Waals surface area contributed by atoms with Crippen molar-refractivity contribution in [3.8, 4) is 0 Å². The van der Waals surface area contributed by atoms with Crippen LogP contribution in [0, 0.1) is 5.92 Å². The van der Waals surface area contributed by atoms with E-state index in [4.69, 9.17) is 4.74 Å². The van der Waals surface area contributed by atoms with Crippen molar-refractivity contribution in [3.05, 3.63) is 0 Å². The van der Waals surface area contributed by atoms with Gasteiger partial charge in [0.1, 0.15) is 5.60 Å². The number of carbonyl (C=O) groups is 1. The van der Waals surface area contributed by atoms with E-state index in [0.717, 1.165) is 51.5 Å². The van der Waals surface area contributed by atoms with Crippen LogP contribution in [0.25, 0.3) is 0 Å². The Hall–Kier alpha value is -0.810. The third kappa shape index (κ3) is 4.42. The van der Waals surface area contributed by atoms with Crippen LogP contribution in [-0.2, 0) is 4.74 Å². The predicted octanol–water partition coefficient (Wildman–Crippen LogP) is 3.06. The largest absolute Gasteiger partial charge is 0.444 e. The summed E-state index contributed by atoms with van der Waals surface area (Å²) in [6.45, 7) is 6.80. The summed E-state index contributed by atoms with van der Waals surface area (Å²) in [5.74, 6) is 0.607. The lowest BCUT2D eigenvalue weighted by Gasteiger charge is -2.40. The van der Waals surface area contributed by atoms with E-state index >= 15 is 0 Å². The summed E-state index contributed by atoms with van der Waals surface area (Å²) in [6.07, 6.45) is 8.32. The number of amides is 1. The van der Waals surface area contributed by atoms with Gasteiger partial charge in [0, 0.05) is 18.1 Å². The molecule has 0 aromatic rings. The van der Waals surface area contributed by atoms with E-state index in [0.29, 0.717) is 24.0 Å². The Morgan fingerprint density at radius 1 is 1.12 bits per heavy atom. The molecule has 5 nitrogen and oxygen atoms in total. The highest BCUT2D eigenvalue weighted by atomic mass is 16.6. The second-order valence-corrected chi connectivity index (χ2v) is 9.04. The summed E-state index contributed by atoms with van der Waals surface area (Å²) in [5, 5.41) is 13.5. The molecule has 1 aliphatic carbocycles. The molecular formula is C19H34N2O3. The number of nitrogens with zero attached hydrogens (tertiary/aromatic N) is 1. The Bertz CT molecular complexity index is 434. The molecule has 0 aromatic carbocycles. The van der Waals surface area contributed by atoms with Gasteiger partial charge in [-0.2, -0.15) is 0 Å². The van der Waals surface area contributed by atoms with Gasteiger partial charge in [-0.1, -0.05) is 6.42 Å². The molecule has 1 saturated carbocycles. The van der Waals surface area contributed by atoms with Crippen molar-refractivity contribution < 1.29 is 14.6 Å². The van der Waals surface area contributed by atoms with Crippen molar-refractivity contribution in [2.24, 2.45) is 5.92 Å². The Kier molecular flexibility index (Phi) is 5.40. The van der Waals surface area contributed by atoms with Crippen molar-refractivity contribution >= 4 is 6.09 Å². The smallest absolute Gasteiger partial charge is 0.410 e. The van der Waals surface area contributed by atoms with E-state index in [9.17, 15) is 9.90 Å². The molecule has 4 atom stereocenters. The molecule has 1 amide bonds. The third-order valence-electron chi connectivity index (χ3n) is 5.79. The summed E-state index contributed by atoms with van der Waals surface area (Å²) in [7, 11) is 0. The highest BCUT2D eigenvalue weighted by Gasteiger charge is 2.44. The molecule has 2 aliphatic heterocycles. The Morgan fingerprint density at radius 2 is 1.79 bits per heavy atom. The van der Waals surface area contributed by atoms with Gasteiger partial charge < -0.3 is 20.1 Å². The summed E-state index contributed by atoms with van der Waals surface area (Å²) in [5.41, 5.74) is -0.423. The first-order chi connectivity index (χ1) is 11.3. The molecule has 2 heterocycles. The van der Waals surface area contributed by atoms with Crippen LogP contribution in [0.3, 0.4) is 0 Å². The fraction of sp³-hybridized carbons (Fsp3) is 0.947. The molecule has 3 rings (SSSR count). The number of nitrogens with one attached hydrogen (secondary N) is 1. The van der Waals surface area contributed by atoms with Crippen LogP contribution in [0.4, 0.5) is 4.79 Å². The van der Waals surface area contributed by atoms with Crippen LogP contribution < -0.4 is 5.32 Å². The van der Waals surface area contributed by atoms with Crippen LogP contribution in [0.15, 0.2) is 0 Å². The lowest BCUT2D eigenvalue weighted by Crippen LogP contribution is -2.53. The van der Waals surface area contributed by atoms with Gasteiger partial charge in [0.05, 0.1) is 6.10 Å². The highest BCUT2D eigenvalue weighted by Crippen LogP contribution is 2.37. The quantitative estimate of drug-likeness (QED) is 0.830. The maximum absolute atomic E-state index is 12.5. The summed E-state index contributed by atoms with van der Waals surface area (Å²) in [6, 6.07) is 1.15. The maximum atomic E-state index is 12.5. The topological polar surface area (TPSA) is 61.8 Å². The van der Waals surface area contributed by atoms with Gasteiger partial charge in [-0.15, -0.1) is 0 Å². The first-order valence-electron chi connectivity index (χ1n) is 9.74. The number of carbonyl (C=O) groups excluding carboxylic acids is 1. The van der Waals surface area contributed by atoms with Gasteiger partial charge in [-0.3, -0.25) is 0 Å². The molecule has 2 bridgehead atoms. The zero-order chi connectivity index (χ0) is 17.3. The standard InChI is InChI=1S/C19H34N2O3/c1-19(2,3)24-18(23)21-15-7-8-16(21)11-14(10-15)20-12-13-5-4-6-17(22)9-13/h13-17,20,22H,4-12H2,1-3H3. The number of aliphatic hydroxyl groups excluding tert-OH is 1. The SMILES string of the molecule is CC(C)(C)OC(=O)N1C2CCC1CC(NCC1CCCC(O)C1)C2. The molecule has 3 aliphatic rings. The molecule has 2 saturated heterocycles. The highest BCUT2D eigenvalue weighted by molar-refractivity contribution is 5.69. The van der Waals surface area contributed by atoms with Crippen LogP contribution in [0.1, 0.15) is 72.1 Å². The first-order valence-corrected chi connectivity index (χ1v) is 9.74. The number of hydrogen-bond donors (Lipinski definition) is 2. The van der Waals surface area contributed by atoms with Crippen LogP contribution in [0.5, 0.6) is 0 Å². The maximum Gasteiger partial charge on any atom is 0.410 e. The minimum absolute atomic E-state index is 0.101. The van der Waals surface area contributed by atoms with E-state index in [-0.39, 0.29) is 12.2 Å². The normalized spacial score (nSPS) is 36.7. The molecule has 24 heavy (non-hydrogen) atoms. The predicted molar refractivity (Wildman–Crippen MR) is 93.9 cm³/mol. The van der Waals surface area contributed by atoms with Gasteiger partial charge in [-0.25, -0.2) is 4.79 Å². The molecule has 0 aromatic heterocycles. The van der Waals surface area contributed by atoms with Crippen LogP contribution in [0.2, 0.25) is 0 Å². The van der Waals surface area contributed by atoms with E-state index in [1.54, 1.807) is 0 Å². The second-order valence-electron chi connectivity index (χ2n) is 9.04. The van der Waals surface area contributed by atoms with E-state index in [2.05, 4.69) is 5.32 Å². The molecule has 4 unspecified atom stereocenters. The second kappa shape index (κ2) is 7.20. The Balaban J connectivity index is 1.49. The molecule has 5 heteroatoms. The minimum atomic E-state index is -0.423. The zero-order valence-corrected chi connectivity index (χ0v) is 15.5. The van der Waals surface area contributed by atoms with Gasteiger partial charge >= 0.3 is 6.09 Å². The Labute approximate surface area is 146 Å². The van der Waals surface area contributed by atoms with E-state index in [1.165, 1.54) is 6.42 Å². The van der Waals surface area contributed by atoms with Crippen LogP contribution in [-0.4, -0.2) is 52.5 Å². The molecule has 0 radical (unpaired) electrons. The number of aliphatic hydroxyl groups is 1. The fourth-order valence-electron chi connectivity index (χ4n) is 4.74. The molecule has 2 N–H and O–H groups in total. The zero-order valence-electron chi connectivity index (χ0n) is 15.5. The number of hydrogen-bond acceptors (Lipinski definition) is 4. The molecule has 138 valence electrons. The summed E-state index contributed by atoms with van der Waals surface area (Å²) in [4.78, 5) is 14.5. The van der Waals surface area contributed by atoms with Gasteiger partial charge in [0.25, 0.3) is 0 Å². The van der Waals surface area contributed by atoms with Gasteiger partial charge in [0.2, 0.25) is 0 Å². The average Bonchev–Trinajstić information content (AvgIpc) is 2.75. The van der Waals surface area contributed by atoms with Gasteiger partial charge in [-0.05, 0) is 78.2 Å². The molecule has 3 fully saturated rings. The average molecular weight is 338 g/mol. The lowest BCUT2D eigenvalue weighted by atomic mass is 9.86. The van der Waals surface area contributed by atoms with Crippen molar-refractivity contribution in [1.82, 2.24) is 10.2 Å². The number of rotatable bonds is 3. The number of piperidine rings is 1. The molecule has 0 spiro atoms. The van der Waals surface area contributed by atoms with E-state index < -0.39 is 5.60 Å². The van der Waals surface area contributed by atoms with Crippen molar-refractivity contribution in [1.29, 1.82) is 0 Å². The third-order valence-corrected chi connectivity index (χ3v) is 5.79. The molecular weight excluding hydrogens is 304 g/mol. The lowest BCUT2D eigenvalue weighted by molar-refractivity contribution is 0.00429.